The third-order valence-corrected chi connectivity index (χ3v) is 5.47. The van der Waals surface area contributed by atoms with Crippen LogP contribution < -0.4 is 10.5 Å². The number of rotatable bonds is 4. The summed E-state index contributed by atoms with van der Waals surface area (Å²) in [5, 5.41) is 0.514. The zero-order valence-corrected chi connectivity index (χ0v) is 15.2. The molecule has 1 atom stereocenters. The molecule has 2 aliphatic rings. The molecule has 0 aliphatic carbocycles. The molecule has 2 heterocycles. The van der Waals surface area contributed by atoms with Crippen LogP contribution in [-0.2, 0) is 4.79 Å². The fourth-order valence-corrected chi connectivity index (χ4v) is 4.12. The molecule has 6 nitrogen and oxygen atoms in total. The first kappa shape index (κ1) is 18.0. The average molecular weight is 366 g/mol. The van der Waals surface area contributed by atoms with Gasteiger partial charge in [-0.15, -0.1) is 0 Å². The summed E-state index contributed by atoms with van der Waals surface area (Å²) in [6, 6.07) is 5.23. The molecule has 2 saturated heterocycles. The number of hydrogen-bond acceptors (Lipinski definition) is 4. The van der Waals surface area contributed by atoms with Crippen LogP contribution in [0.3, 0.4) is 0 Å². The first-order valence-electron chi connectivity index (χ1n) is 8.69. The summed E-state index contributed by atoms with van der Waals surface area (Å²) >= 11 is 6.04. The second-order valence-electron chi connectivity index (χ2n) is 6.67. The lowest BCUT2D eigenvalue weighted by Gasteiger charge is -2.38. The zero-order valence-electron chi connectivity index (χ0n) is 14.4. The van der Waals surface area contributed by atoms with Crippen LogP contribution in [0.25, 0.3) is 0 Å². The van der Waals surface area contributed by atoms with Gasteiger partial charge in [-0.25, -0.2) is 0 Å². The molecule has 2 aliphatic heterocycles. The minimum absolute atomic E-state index is 0.0642. The van der Waals surface area contributed by atoms with E-state index in [4.69, 9.17) is 22.1 Å². The highest BCUT2D eigenvalue weighted by molar-refractivity contribution is 6.31. The smallest absolute Gasteiger partial charge is 0.257 e. The molecule has 25 heavy (non-hydrogen) atoms. The third kappa shape index (κ3) is 3.75. The largest absolute Gasteiger partial charge is 0.496 e. The molecule has 0 radical (unpaired) electrons. The van der Waals surface area contributed by atoms with Crippen molar-refractivity contribution in [1.82, 2.24) is 9.80 Å². The van der Waals surface area contributed by atoms with Crippen molar-refractivity contribution in [3.63, 3.8) is 0 Å². The zero-order chi connectivity index (χ0) is 18.0. The highest BCUT2D eigenvalue weighted by Crippen LogP contribution is 2.28. The molecule has 0 aromatic heterocycles. The monoisotopic (exact) mass is 365 g/mol. The van der Waals surface area contributed by atoms with Crippen LogP contribution in [0.2, 0.25) is 5.02 Å². The van der Waals surface area contributed by atoms with Crippen molar-refractivity contribution < 1.29 is 14.3 Å². The van der Waals surface area contributed by atoms with Crippen molar-refractivity contribution in [2.75, 3.05) is 26.7 Å². The maximum atomic E-state index is 12.8. The fourth-order valence-electron chi connectivity index (χ4n) is 3.95. The van der Waals surface area contributed by atoms with Crippen LogP contribution >= 0.6 is 11.6 Å². The lowest BCUT2D eigenvalue weighted by molar-refractivity contribution is -0.123. The Labute approximate surface area is 152 Å². The standard InChI is InChI=1S/C18H24ClN3O3/c1-25-16-5-4-12(19)11-14(16)18(24)21-9-6-13(7-10-21)22-8-2-3-15(22)17(20)23/h4-5,11,13,15H,2-3,6-10H2,1H3,(H2,20,23)/t15-/m0/s1. The Morgan fingerprint density at radius 1 is 1.20 bits per heavy atom. The SMILES string of the molecule is COc1ccc(Cl)cc1C(=O)N1CCC(N2CCC[C@H]2C(N)=O)CC1. The van der Waals surface area contributed by atoms with Crippen LogP contribution in [0, 0.1) is 0 Å². The molecule has 136 valence electrons. The van der Waals surface area contributed by atoms with Gasteiger partial charge in [-0.2, -0.15) is 0 Å². The number of nitrogens with zero attached hydrogens (tertiary/aromatic N) is 2. The minimum Gasteiger partial charge on any atom is -0.496 e. The predicted octanol–water partition coefficient (Wildman–Crippen LogP) is 1.90. The van der Waals surface area contributed by atoms with Gasteiger partial charge in [-0.05, 0) is 50.4 Å². The van der Waals surface area contributed by atoms with E-state index in [9.17, 15) is 9.59 Å². The van der Waals surface area contributed by atoms with Crippen molar-refractivity contribution in [2.24, 2.45) is 5.73 Å². The lowest BCUT2D eigenvalue weighted by Crippen LogP contribution is -2.51. The van der Waals surface area contributed by atoms with Crippen molar-refractivity contribution in [3.05, 3.63) is 28.8 Å². The van der Waals surface area contributed by atoms with Gasteiger partial charge < -0.3 is 15.4 Å². The molecular formula is C18H24ClN3O3. The predicted molar refractivity (Wildman–Crippen MR) is 95.9 cm³/mol. The highest BCUT2D eigenvalue weighted by Gasteiger charge is 2.36. The summed E-state index contributed by atoms with van der Waals surface area (Å²) in [7, 11) is 1.55. The Bertz CT molecular complexity index is 659. The van der Waals surface area contributed by atoms with E-state index in [2.05, 4.69) is 4.90 Å². The fraction of sp³-hybridized carbons (Fsp3) is 0.556. The summed E-state index contributed by atoms with van der Waals surface area (Å²) in [5.74, 6) is 0.232. The van der Waals surface area contributed by atoms with E-state index in [1.165, 1.54) is 0 Å². The number of benzene rings is 1. The van der Waals surface area contributed by atoms with Crippen LogP contribution in [0.1, 0.15) is 36.0 Å². The number of piperidine rings is 1. The number of likely N-dealkylation sites (tertiary alicyclic amines) is 2. The topological polar surface area (TPSA) is 75.9 Å². The number of hydrogen-bond donors (Lipinski definition) is 1. The number of carbonyl (C=O) groups excluding carboxylic acids is 2. The molecule has 3 rings (SSSR count). The number of ether oxygens (including phenoxy) is 1. The Morgan fingerprint density at radius 3 is 2.56 bits per heavy atom. The minimum atomic E-state index is -0.236. The third-order valence-electron chi connectivity index (χ3n) is 5.24. The number of halogens is 1. The van der Waals surface area contributed by atoms with Gasteiger partial charge in [0.1, 0.15) is 5.75 Å². The van der Waals surface area contributed by atoms with Crippen LogP contribution in [-0.4, -0.2) is 60.4 Å². The number of nitrogens with two attached hydrogens (primary N) is 1. The quantitative estimate of drug-likeness (QED) is 0.884. The van der Waals surface area contributed by atoms with Crippen LogP contribution in [0.4, 0.5) is 0 Å². The van der Waals surface area contributed by atoms with Crippen molar-refractivity contribution >= 4 is 23.4 Å². The Balaban J connectivity index is 1.65. The normalized spacial score (nSPS) is 22.2. The van der Waals surface area contributed by atoms with Crippen LogP contribution in [0.15, 0.2) is 18.2 Å². The second kappa shape index (κ2) is 7.62. The molecule has 2 fully saturated rings. The Kier molecular flexibility index (Phi) is 5.49. The van der Waals surface area contributed by atoms with E-state index in [0.29, 0.717) is 35.5 Å². The van der Waals surface area contributed by atoms with Gasteiger partial charge in [0.15, 0.2) is 0 Å². The molecule has 1 aromatic rings. The molecule has 0 saturated carbocycles. The van der Waals surface area contributed by atoms with E-state index >= 15 is 0 Å². The summed E-state index contributed by atoms with van der Waals surface area (Å²) in [6.07, 6.45) is 3.54. The summed E-state index contributed by atoms with van der Waals surface area (Å²) in [4.78, 5) is 28.5. The summed E-state index contributed by atoms with van der Waals surface area (Å²) < 4.78 is 5.29. The Hall–Kier alpha value is -1.79. The first-order valence-corrected chi connectivity index (χ1v) is 9.07. The van der Waals surface area contributed by atoms with E-state index in [1.54, 1.807) is 25.3 Å². The van der Waals surface area contributed by atoms with E-state index < -0.39 is 0 Å². The molecular weight excluding hydrogens is 342 g/mol. The van der Waals surface area contributed by atoms with Gasteiger partial charge in [0.05, 0.1) is 18.7 Å². The molecule has 2 amide bonds. The van der Waals surface area contributed by atoms with Gasteiger partial charge in [0.25, 0.3) is 5.91 Å². The van der Waals surface area contributed by atoms with Gasteiger partial charge in [0.2, 0.25) is 5.91 Å². The summed E-state index contributed by atoms with van der Waals surface area (Å²) in [5.41, 5.74) is 6.01. The number of methoxy groups -OCH3 is 1. The molecule has 1 aromatic carbocycles. The van der Waals surface area contributed by atoms with Gasteiger partial charge in [0, 0.05) is 24.2 Å². The molecule has 0 spiro atoms. The number of carbonyl (C=O) groups is 2. The van der Waals surface area contributed by atoms with Crippen LogP contribution in [0.5, 0.6) is 5.75 Å². The first-order chi connectivity index (χ1) is 12.0. The molecule has 7 heteroatoms. The average Bonchev–Trinajstić information content (AvgIpc) is 3.11. The van der Waals surface area contributed by atoms with Crippen molar-refractivity contribution in [3.8, 4) is 5.75 Å². The van der Waals surface area contributed by atoms with E-state index in [-0.39, 0.29) is 17.9 Å². The maximum absolute atomic E-state index is 12.8. The Morgan fingerprint density at radius 2 is 1.92 bits per heavy atom. The number of primary amides is 1. The summed E-state index contributed by atoms with van der Waals surface area (Å²) in [6.45, 7) is 2.22. The maximum Gasteiger partial charge on any atom is 0.257 e. The molecule has 0 bridgehead atoms. The molecule has 0 unspecified atom stereocenters. The highest BCUT2D eigenvalue weighted by atomic mass is 35.5. The van der Waals surface area contributed by atoms with Gasteiger partial charge in [-0.3, -0.25) is 14.5 Å². The van der Waals surface area contributed by atoms with E-state index in [1.807, 2.05) is 4.90 Å². The van der Waals surface area contributed by atoms with Gasteiger partial charge >= 0.3 is 0 Å². The number of amides is 2. The van der Waals surface area contributed by atoms with Gasteiger partial charge in [-0.1, -0.05) is 11.6 Å². The van der Waals surface area contributed by atoms with Crippen molar-refractivity contribution in [1.29, 1.82) is 0 Å². The lowest BCUT2D eigenvalue weighted by atomic mass is 10.0. The molecule has 2 N–H and O–H groups in total. The second-order valence-corrected chi connectivity index (χ2v) is 7.10. The van der Waals surface area contributed by atoms with Crippen molar-refractivity contribution in [2.45, 2.75) is 37.8 Å². The van der Waals surface area contributed by atoms with E-state index in [0.717, 1.165) is 32.2 Å².